The number of fused-ring (bicyclic) bond motifs is 1. The number of benzene rings is 3. The van der Waals surface area contributed by atoms with Crippen LogP contribution in [0.3, 0.4) is 0 Å². The van der Waals surface area contributed by atoms with E-state index in [0.29, 0.717) is 23.5 Å². The summed E-state index contributed by atoms with van der Waals surface area (Å²) in [5, 5.41) is 8.48. The molecular weight excluding hydrogens is 416 g/mol. The summed E-state index contributed by atoms with van der Waals surface area (Å²) in [6, 6.07) is 21.9. The minimum atomic E-state index is -1.50. The minimum Gasteiger partial charge on any atom is -0.337 e. The fourth-order valence-electron chi connectivity index (χ4n) is 4.00. The van der Waals surface area contributed by atoms with Crippen LogP contribution >= 0.6 is 0 Å². The number of carbonyl (C=O) groups is 3. The van der Waals surface area contributed by atoms with Gasteiger partial charge in [0.05, 0.1) is 12.8 Å². The average Bonchev–Trinajstić information content (AvgIpc) is 3.06. The van der Waals surface area contributed by atoms with E-state index in [2.05, 4.69) is 16.0 Å². The Kier molecular flexibility index (Phi) is 6.24. The van der Waals surface area contributed by atoms with Gasteiger partial charge in [0, 0.05) is 23.5 Å². The van der Waals surface area contributed by atoms with Gasteiger partial charge in [-0.15, -0.1) is 0 Å². The van der Waals surface area contributed by atoms with Crippen LogP contribution in [-0.2, 0) is 32.9 Å². The highest BCUT2D eigenvalue weighted by molar-refractivity contribution is 6.10. The number of hydrogen-bond acceptors (Lipinski definition) is 4. The molecule has 3 amide bonds. The summed E-state index contributed by atoms with van der Waals surface area (Å²) in [5.74, 6) is -1.17. The predicted molar refractivity (Wildman–Crippen MR) is 127 cm³/mol. The maximum Gasteiger partial charge on any atom is 0.255 e. The van der Waals surface area contributed by atoms with Crippen molar-refractivity contribution in [1.82, 2.24) is 5.32 Å². The molecule has 3 aromatic carbocycles. The van der Waals surface area contributed by atoms with E-state index >= 15 is 0 Å². The maximum atomic E-state index is 13.1. The van der Waals surface area contributed by atoms with Gasteiger partial charge >= 0.3 is 0 Å². The van der Waals surface area contributed by atoms with Crippen LogP contribution in [0.25, 0.3) is 0 Å². The first-order valence-corrected chi connectivity index (χ1v) is 10.8. The molecular formula is C26H26N4O3. The number of anilines is 2. The molecule has 0 aromatic heterocycles. The van der Waals surface area contributed by atoms with Crippen LogP contribution in [-0.4, -0.2) is 17.7 Å². The molecule has 7 nitrogen and oxygen atoms in total. The fraction of sp³-hybridized carbons (Fsp3) is 0.192. The summed E-state index contributed by atoms with van der Waals surface area (Å²) in [6.45, 7) is 2.38. The molecule has 0 aliphatic carbocycles. The van der Waals surface area contributed by atoms with E-state index in [1.165, 1.54) is 0 Å². The maximum absolute atomic E-state index is 13.1. The van der Waals surface area contributed by atoms with Crippen LogP contribution in [0.1, 0.15) is 28.7 Å². The van der Waals surface area contributed by atoms with E-state index in [4.69, 9.17) is 5.73 Å². The molecule has 4 rings (SSSR count). The lowest BCUT2D eigenvalue weighted by Gasteiger charge is -2.28. The van der Waals surface area contributed by atoms with Gasteiger partial charge in [-0.3, -0.25) is 14.4 Å². The number of nitrogens with two attached hydrogens (primary N) is 1. The van der Waals surface area contributed by atoms with Crippen molar-refractivity contribution in [3.05, 3.63) is 95.1 Å². The molecule has 168 valence electrons. The zero-order valence-electron chi connectivity index (χ0n) is 18.4. The van der Waals surface area contributed by atoms with Crippen molar-refractivity contribution in [3.63, 3.8) is 0 Å². The van der Waals surface area contributed by atoms with Gasteiger partial charge in [0.1, 0.15) is 0 Å². The molecule has 1 heterocycles. The molecule has 0 saturated heterocycles. The first-order valence-electron chi connectivity index (χ1n) is 10.8. The highest BCUT2D eigenvalue weighted by Crippen LogP contribution is 2.38. The SMILES string of the molecule is Cc1ccc(CC(=O)NC2(CC(=O)Nc3ccc(CN)cc3)C(=O)Nc3ccccc32)cc1. The molecule has 1 unspecified atom stereocenters. The first-order chi connectivity index (χ1) is 15.9. The molecule has 3 aromatic rings. The topological polar surface area (TPSA) is 113 Å². The quantitative estimate of drug-likeness (QED) is 0.450. The Bertz CT molecular complexity index is 1190. The number of rotatable bonds is 7. The summed E-state index contributed by atoms with van der Waals surface area (Å²) in [5.41, 5.74) is 8.72. The smallest absolute Gasteiger partial charge is 0.255 e. The van der Waals surface area contributed by atoms with Gasteiger partial charge in [-0.05, 0) is 36.2 Å². The van der Waals surface area contributed by atoms with E-state index in [1.54, 1.807) is 36.4 Å². The molecule has 1 atom stereocenters. The van der Waals surface area contributed by atoms with Crippen molar-refractivity contribution >= 4 is 29.1 Å². The van der Waals surface area contributed by atoms with Crippen molar-refractivity contribution in [2.75, 3.05) is 10.6 Å². The van der Waals surface area contributed by atoms with Gasteiger partial charge in [0.2, 0.25) is 11.8 Å². The van der Waals surface area contributed by atoms with Crippen molar-refractivity contribution in [2.45, 2.75) is 31.8 Å². The molecule has 0 fully saturated rings. The standard InChI is InChI=1S/C26H26N4O3/c1-17-6-8-18(9-7-17)14-23(31)30-26(21-4-2-3-5-22(21)29-25(26)33)15-24(32)28-20-12-10-19(16-27)11-13-20/h2-13H,14-16,27H2,1H3,(H,28,32)(H,29,33)(H,30,31). The highest BCUT2D eigenvalue weighted by Gasteiger charge is 2.49. The molecule has 7 heteroatoms. The third kappa shape index (κ3) is 4.78. The van der Waals surface area contributed by atoms with Gasteiger partial charge < -0.3 is 21.7 Å². The van der Waals surface area contributed by atoms with E-state index in [1.807, 2.05) is 43.3 Å². The third-order valence-corrected chi connectivity index (χ3v) is 5.76. The van der Waals surface area contributed by atoms with Gasteiger partial charge in [-0.1, -0.05) is 60.2 Å². The number of hydrogen-bond donors (Lipinski definition) is 4. The fourth-order valence-corrected chi connectivity index (χ4v) is 4.00. The van der Waals surface area contributed by atoms with Gasteiger partial charge in [-0.2, -0.15) is 0 Å². The number of nitrogens with one attached hydrogen (secondary N) is 3. The molecule has 33 heavy (non-hydrogen) atoms. The summed E-state index contributed by atoms with van der Waals surface area (Å²) in [4.78, 5) is 39.1. The third-order valence-electron chi connectivity index (χ3n) is 5.76. The van der Waals surface area contributed by atoms with Gasteiger partial charge in [0.25, 0.3) is 5.91 Å². The van der Waals surface area contributed by atoms with Crippen LogP contribution in [0.4, 0.5) is 11.4 Å². The van der Waals surface area contributed by atoms with E-state index in [0.717, 1.165) is 16.7 Å². The largest absolute Gasteiger partial charge is 0.337 e. The van der Waals surface area contributed by atoms with E-state index < -0.39 is 17.4 Å². The Hall–Kier alpha value is -3.97. The normalized spacial score (nSPS) is 16.6. The molecule has 0 spiro atoms. The zero-order valence-corrected chi connectivity index (χ0v) is 18.4. The Morgan fingerprint density at radius 1 is 0.909 bits per heavy atom. The van der Waals surface area contributed by atoms with Crippen molar-refractivity contribution < 1.29 is 14.4 Å². The molecule has 5 N–H and O–H groups in total. The monoisotopic (exact) mass is 442 g/mol. The van der Waals surface area contributed by atoms with E-state index in [-0.39, 0.29) is 18.7 Å². The lowest BCUT2D eigenvalue weighted by atomic mass is 9.87. The number of para-hydroxylation sites is 1. The Morgan fingerprint density at radius 3 is 2.27 bits per heavy atom. The van der Waals surface area contributed by atoms with Gasteiger partial charge in [0.15, 0.2) is 5.54 Å². The molecule has 0 radical (unpaired) electrons. The highest BCUT2D eigenvalue weighted by atomic mass is 16.2. The van der Waals surface area contributed by atoms with Crippen LogP contribution in [0.5, 0.6) is 0 Å². The van der Waals surface area contributed by atoms with Crippen LogP contribution in [0.15, 0.2) is 72.8 Å². The molecule has 1 aliphatic heterocycles. The van der Waals surface area contributed by atoms with Gasteiger partial charge in [-0.25, -0.2) is 0 Å². The molecule has 1 aliphatic rings. The summed E-state index contributed by atoms with van der Waals surface area (Å²) < 4.78 is 0. The number of aryl methyl sites for hydroxylation is 1. The van der Waals surface area contributed by atoms with Crippen molar-refractivity contribution in [3.8, 4) is 0 Å². The Morgan fingerprint density at radius 2 is 1.58 bits per heavy atom. The first kappa shape index (κ1) is 22.2. The second kappa shape index (κ2) is 9.26. The van der Waals surface area contributed by atoms with Crippen molar-refractivity contribution in [1.29, 1.82) is 0 Å². The summed E-state index contributed by atoms with van der Waals surface area (Å²) in [6.07, 6.45) is -0.145. The van der Waals surface area contributed by atoms with Crippen LogP contribution in [0.2, 0.25) is 0 Å². The predicted octanol–water partition coefficient (Wildman–Crippen LogP) is 2.99. The second-order valence-electron chi connectivity index (χ2n) is 8.24. The minimum absolute atomic E-state index is 0.0969. The molecule has 0 saturated carbocycles. The lowest BCUT2D eigenvalue weighted by Crippen LogP contribution is -2.53. The summed E-state index contributed by atoms with van der Waals surface area (Å²) in [7, 11) is 0. The van der Waals surface area contributed by atoms with Crippen LogP contribution < -0.4 is 21.7 Å². The van der Waals surface area contributed by atoms with Crippen molar-refractivity contribution in [2.24, 2.45) is 5.73 Å². The number of carbonyl (C=O) groups excluding carboxylic acids is 3. The average molecular weight is 443 g/mol. The zero-order chi connectivity index (χ0) is 23.4. The summed E-state index contributed by atoms with van der Waals surface area (Å²) >= 11 is 0. The second-order valence-corrected chi connectivity index (χ2v) is 8.24. The van der Waals surface area contributed by atoms with E-state index in [9.17, 15) is 14.4 Å². The Balaban J connectivity index is 1.58. The van der Waals surface area contributed by atoms with Crippen LogP contribution in [0, 0.1) is 6.92 Å². The Labute approximate surface area is 192 Å². The lowest BCUT2D eigenvalue weighted by molar-refractivity contribution is -0.132. The number of amides is 3. The molecule has 0 bridgehead atoms.